The number of benzene rings is 4. The molecule has 2 aliphatic rings. The number of para-hydroxylation sites is 1. The number of carbonyl (C=O) groups is 2. The maximum Gasteiger partial charge on any atom is 0.471 e. The van der Waals surface area contributed by atoms with Crippen molar-refractivity contribution in [2.24, 2.45) is 0 Å². The summed E-state index contributed by atoms with van der Waals surface area (Å²) in [6.45, 7) is -0.0277. The number of ether oxygens (including phenoxy) is 3. The van der Waals surface area contributed by atoms with Gasteiger partial charge in [-0.2, -0.15) is 13.2 Å². The minimum Gasteiger partial charge on any atom is -0.496 e. The average Bonchev–Trinajstić information content (AvgIpc) is 3.66. The number of halogens is 3. The Morgan fingerprint density at radius 2 is 1.67 bits per heavy atom. The van der Waals surface area contributed by atoms with Crippen LogP contribution in [0.4, 0.5) is 13.2 Å². The van der Waals surface area contributed by atoms with E-state index in [1.807, 2.05) is 97.1 Å². The number of aliphatic hydroxyl groups is 1. The molecule has 0 saturated carbocycles. The molecule has 0 aromatic heterocycles. The summed E-state index contributed by atoms with van der Waals surface area (Å²) in [6, 6.07) is 29.9. The van der Waals surface area contributed by atoms with Crippen LogP contribution in [0.1, 0.15) is 53.9 Å². The highest BCUT2D eigenvalue weighted by Crippen LogP contribution is 2.41. The van der Waals surface area contributed by atoms with Crippen LogP contribution < -0.4 is 10.1 Å². The quantitative estimate of drug-likeness (QED) is 0.156. The van der Waals surface area contributed by atoms with Gasteiger partial charge in [0, 0.05) is 35.7 Å². The fraction of sp³-hybridized carbons (Fsp3) is 0.333. The largest absolute Gasteiger partial charge is 0.496 e. The van der Waals surface area contributed by atoms with E-state index in [2.05, 4.69) is 5.32 Å². The molecule has 12 heteroatoms. The van der Waals surface area contributed by atoms with Crippen molar-refractivity contribution in [1.29, 1.82) is 0 Å². The lowest BCUT2D eigenvalue weighted by Crippen LogP contribution is -2.50. The minimum absolute atomic E-state index is 0.0354. The molecule has 2 fully saturated rings. The summed E-state index contributed by atoms with van der Waals surface area (Å²) in [5.41, 5.74) is 5.24. The van der Waals surface area contributed by atoms with Crippen LogP contribution in [-0.4, -0.2) is 59.6 Å². The number of alkyl halides is 3. The number of likely N-dealkylation sites (tertiary alicyclic amines) is 1. The summed E-state index contributed by atoms with van der Waals surface area (Å²) < 4.78 is 57.6. The third kappa shape index (κ3) is 8.93. The van der Waals surface area contributed by atoms with Gasteiger partial charge in [-0.3, -0.25) is 9.59 Å². The number of methoxy groups -OCH3 is 1. The van der Waals surface area contributed by atoms with Crippen molar-refractivity contribution in [3.63, 3.8) is 0 Å². The van der Waals surface area contributed by atoms with Gasteiger partial charge in [0.05, 0.1) is 25.9 Å². The van der Waals surface area contributed by atoms with Gasteiger partial charge in [0.25, 0.3) is 0 Å². The molecule has 0 radical (unpaired) electrons. The number of nitrogens with one attached hydrogen (secondary N) is 1. The topological polar surface area (TPSA) is 97.3 Å². The van der Waals surface area contributed by atoms with E-state index in [1.165, 1.54) is 0 Å². The molecule has 0 unspecified atom stereocenters. The Balaban J connectivity index is 1.13. The Morgan fingerprint density at radius 3 is 2.39 bits per heavy atom. The van der Waals surface area contributed by atoms with Gasteiger partial charge in [-0.25, -0.2) is 0 Å². The Morgan fingerprint density at radius 1 is 0.922 bits per heavy atom. The lowest BCUT2D eigenvalue weighted by molar-refractivity contribution is -0.245. The van der Waals surface area contributed by atoms with E-state index >= 15 is 0 Å². The fourth-order valence-electron chi connectivity index (χ4n) is 6.39. The molecule has 2 saturated heterocycles. The molecule has 6 rings (SSSR count). The second kappa shape index (κ2) is 16.3. The van der Waals surface area contributed by atoms with Gasteiger partial charge in [0.15, 0.2) is 6.29 Å². The molecule has 2 amide bonds. The van der Waals surface area contributed by atoms with Gasteiger partial charge in [-0.15, -0.1) is 11.8 Å². The lowest BCUT2D eigenvalue weighted by Gasteiger charge is -2.36. The summed E-state index contributed by atoms with van der Waals surface area (Å²) in [4.78, 5) is 26.2. The van der Waals surface area contributed by atoms with Gasteiger partial charge >= 0.3 is 12.1 Å². The maximum atomic E-state index is 13.0. The highest BCUT2D eigenvalue weighted by Gasteiger charge is 2.47. The Labute approximate surface area is 298 Å². The summed E-state index contributed by atoms with van der Waals surface area (Å²) in [5.74, 6) is -1.09. The van der Waals surface area contributed by atoms with Crippen molar-refractivity contribution in [3.05, 3.63) is 119 Å². The van der Waals surface area contributed by atoms with Crippen molar-refractivity contribution in [3.8, 4) is 16.9 Å². The summed E-state index contributed by atoms with van der Waals surface area (Å²) in [7, 11) is 1.66. The second-order valence-corrected chi connectivity index (χ2v) is 13.6. The molecule has 51 heavy (non-hydrogen) atoms. The van der Waals surface area contributed by atoms with E-state index in [-0.39, 0.29) is 38.3 Å². The number of carbonyl (C=O) groups excluding carboxylic acids is 2. The van der Waals surface area contributed by atoms with Crippen molar-refractivity contribution in [1.82, 2.24) is 10.2 Å². The smallest absolute Gasteiger partial charge is 0.471 e. The van der Waals surface area contributed by atoms with E-state index in [0.717, 1.165) is 44.0 Å². The van der Waals surface area contributed by atoms with Gasteiger partial charge < -0.3 is 29.5 Å². The molecular weight excluding hydrogens is 681 g/mol. The fourth-order valence-corrected chi connectivity index (χ4v) is 7.44. The summed E-state index contributed by atoms with van der Waals surface area (Å²) in [6.07, 6.45) is -4.83. The van der Waals surface area contributed by atoms with Crippen molar-refractivity contribution in [2.75, 3.05) is 19.4 Å². The first kappa shape index (κ1) is 36.4. The number of amides is 2. The average molecular weight is 721 g/mol. The third-order valence-electron chi connectivity index (χ3n) is 9.08. The van der Waals surface area contributed by atoms with E-state index < -0.39 is 30.3 Å². The monoisotopic (exact) mass is 720 g/mol. The molecule has 4 aromatic carbocycles. The first-order chi connectivity index (χ1) is 24.6. The van der Waals surface area contributed by atoms with Crippen LogP contribution in [0.5, 0.6) is 5.75 Å². The SMILES string of the molecule is COc1ccccc1SC[C@H]1C[C@@H](c2ccc(CO)cc2)O[C@@H](c2ccc(-c3cccc(CNC(=O)[C@@H]4CCCN4C(=O)C(F)(F)F)c3)cc2)O1. The minimum atomic E-state index is -5.02. The highest BCUT2D eigenvalue weighted by molar-refractivity contribution is 7.99. The van der Waals surface area contributed by atoms with Crippen molar-refractivity contribution >= 4 is 23.6 Å². The summed E-state index contributed by atoms with van der Waals surface area (Å²) in [5, 5.41) is 12.2. The highest BCUT2D eigenvalue weighted by atomic mass is 32.2. The van der Waals surface area contributed by atoms with Gasteiger partial charge in [0.1, 0.15) is 11.8 Å². The molecule has 2 heterocycles. The van der Waals surface area contributed by atoms with Crippen molar-refractivity contribution < 1.29 is 42.1 Å². The molecule has 0 aliphatic carbocycles. The number of aliphatic hydroxyl groups excluding tert-OH is 1. The zero-order chi connectivity index (χ0) is 36.0. The van der Waals surface area contributed by atoms with Crippen LogP contribution in [0.15, 0.2) is 102 Å². The van der Waals surface area contributed by atoms with Crippen LogP contribution in [0.2, 0.25) is 0 Å². The number of rotatable bonds is 11. The van der Waals surface area contributed by atoms with E-state index in [0.29, 0.717) is 23.5 Å². The standard InChI is InChI=1S/C39H39F3N2O6S/c1-48-33-9-2-3-10-35(33)51-24-31-21-34(28-13-11-25(23-45)12-14-28)50-37(49-31)29-17-15-27(16-18-29)30-7-4-6-26(20-30)22-43-36(46)32-8-5-19-44(32)38(47)39(40,41)42/h2-4,6-7,9-18,20,31-32,34,37,45H,5,8,19,21-24H2,1H3,(H,43,46)/t31-,32+,34+,37+/m1/s1. The number of hydrogen-bond acceptors (Lipinski definition) is 7. The normalized spacial score (nSPS) is 20.6. The van der Waals surface area contributed by atoms with Gasteiger partial charge in [-0.05, 0) is 58.9 Å². The Hall–Kier alpha value is -4.36. The first-order valence-electron chi connectivity index (χ1n) is 16.7. The molecule has 2 N–H and O–H groups in total. The molecule has 0 bridgehead atoms. The van der Waals surface area contributed by atoms with Crippen LogP contribution in [-0.2, 0) is 32.2 Å². The van der Waals surface area contributed by atoms with E-state index in [1.54, 1.807) is 18.9 Å². The molecule has 8 nitrogen and oxygen atoms in total. The summed E-state index contributed by atoms with van der Waals surface area (Å²) >= 11 is 1.67. The van der Waals surface area contributed by atoms with Crippen LogP contribution in [0, 0.1) is 0 Å². The predicted octanol–water partition coefficient (Wildman–Crippen LogP) is 7.36. The molecular formula is C39H39F3N2O6S. The lowest BCUT2D eigenvalue weighted by atomic mass is 9.99. The molecule has 268 valence electrons. The zero-order valence-corrected chi connectivity index (χ0v) is 28.8. The number of thioether (sulfide) groups is 1. The van der Waals surface area contributed by atoms with Crippen LogP contribution in [0.3, 0.4) is 0 Å². The number of hydrogen-bond donors (Lipinski definition) is 2. The first-order valence-corrected chi connectivity index (χ1v) is 17.7. The van der Waals surface area contributed by atoms with Gasteiger partial charge in [-0.1, -0.05) is 78.9 Å². The van der Waals surface area contributed by atoms with E-state index in [4.69, 9.17) is 14.2 Å². The third-order valence-corrected chi connectivity index (χ3v) is 10.3. The van der Waals surface area contributed by atoms with E-state index in [9.17, 15) is 27.9 Å². The maximum absolute atomic E-state index is 13.0. The number of nitrogens with zero attached hydrogens (tertiary/aromatic N) is 1. The molecule has 4 aromatic rings. The Kier molecular flexibility index (Phi) is 11.7. The molecule has 0 spiro atoms. The second-order valence-electron chi connectivity index (χ2n) is 12.5. The molecule has 2 aliphatic heterocycles. The van der Waals surface area contributed by atoms with Crippen LogP contribution in [0.25, 0.3) is 11.1 Å². The zero-order valence-electron chi connectivity index (χ0n) is 28.0. The molecule has 4 atom stereocenters. The van der Waals surface area contributed by atoms with Gasteiger partial charge in [0.2, 0.25) is 5.91 Å². The Bertz CT molecular complexity index is 1800. The van der Waals surface area contributed by atoms with Crippen LogP contribution >= 0.6 is 11.8 Å². The predicted molar refractivity (Wildman–Crippen MR) is 187 cm³/mol. The van der Waals surface area contributed by atoms with Crippen molar-refractivity contribution in [2.45, 2.75) is 68.0 Å².